The molecule has 1 heterocycles. The van der Waals surface area contributed by atoms with Gasteiger partial charge in [-0.1, -0.05) is 11.8 Å². The molecule has 1 aliphatic rings. The molecule has 1 saturated carbocycles. The van der Waals surface area contributed by atoms with Crippen molar-refractivity contribution >= 4 is 35.1 Å². The molecule has 136 valence electrons. The average Bonchev–Trinajstić information content (AvgIpc) is 3.48. The molecule has 1 aromatic heterocycles. The van der Waals surface area contributed by atoms with Gasteiger partial charge in [0.1, 0.15) is 10.8 Å². The Morgan fingerprint density at radius 2 is 1.88 bits per heavy atom. The number of thioether (sulfide) groups is 1. The fourth-order valence-corrected chi connectivity index (χ4v) is 2.79. The van der Waals surface area contributed by atoms with Gasteiger partial charge in [0, 0.05) is 11.6 Å². The standard InChI is InChI=1S/C18H20N4O3S/c1-2-25-14-7-5-13(6-8-14)19-16(23)11-26-17-10-9-15(21-22-17)20-18(24)12-3-4-12/h5-10,12H,2-4,11H2,1H3,(H,19,23)(H,20,21,24). The van der Waals surface area contributed by atoms with E-state index < -0.39 is 0 Å². The minimum absolute atomic E-state index is 0.00515. The molecule has 0 saturated heterocycles. The lowest BCUT2D eigenvalue weighted by atomic mass is 10.3. The normalized spacial score (nSPS) is 13.1. The zero-order valence-electron chi connectivity index (χ0n) is 14.4. The van der Waals surface area contributed by atoms with E-state index in [0.29, 0.717) is 23.1 Å². The molecule has 3 rings (SSSR count). The highest BCUT2D eigenvalue weighted by Gasteiger charge is 2.29. The van der Waals surface area contributed by atoms with E-state index in [1.807, 2.05) is 19.1 Å². The number of anilines is 2. The third kappa shape index (κ3) is 5.45. The molecule has 7 nitrogen and oxygen atoms in total. The van der Waals surface area contributed by atoms with Gasteiger partial charge in [-0.2, -0.15) is 0 Å². The zero-order chi connectivity index (χ0) is 18.4. The lowest BCUT2D eigenvalue weighted by molar-refractivity contribution is -0.117. The van der Waals surface area contributed by atoms with Gasteiger partial charge in [0.25, 0.3) is 0 Å². The molecule has 2 amide bonds. The maximum absolute atomic E-state index is 12.0. The number of aromatic nitrogens is 2. The minimum atomic E-state index is -0.132. The predicted octanol–water partition coefficient (Wildman–Crippen LogP) is 2.95. The molecule has 1 aliphatic carbocycles. The molecule has 8 heteroatoms. The smallest absolute Gasteiger partial charge is 0.234 e. The van der Waals surface area contributed by atoms with E-state index in [1.165, 1.54) is 11.8 Å². The van der Waals surface area contributed by atoms with Crippen LogP contribution in [-0.2, 0) is 9.59 Å². The third-order valence-corrected chi connectivity index (χ3v) is 4.56. The largest absolute Gasteiger partial charge is 0.494 e. The number of carbonyl (C=O) groups is 2. The second-order valence-electron chi connectivity index (χ2n) is 5.81. The molecule has 2 N–H and O–H groups in total. The summed E-state index contributed by atoms with van der Waals surface area (Å²) in [6.45, 7) is 2.52. The first-order valence-corrected chi connectivity index (χ1v) is 9.42. The van der Waals surface area contributed by atoms with Crippen molar-refractivity contribution in [2.24, 2.45) is 5.92 Å². The molecule has 0 aliphatic heterocycles. The third-order valence-electron chi connectivity index (χ3n) is 3.64. The van der Waals surface area contributed by atoms with Crippen LogP contribution in [0.4, 0.5) is 11.5 Å². The van der Waals surface area contributed by atoms with Crippen LogP contribution in [0.5, 0.6) is 5.75 Å². The number of rotatable bonds is 8. The van der Waals surface area contributed by atoms with Crippen molar-refractivity contribution in [2.75, 3.05) is 23.0 Å². The van der Waals surface area contributed by atoms with Crippen molar-refractivity contribution in [3.8, 4) is 5.75 Å². The van der Waals surface area contributed by atoms with Gasteiger partial charge in [0.2, 0.25) is 11.8 Å². The fraction of sp³-hybridized carbons (Fsp3) is 0.333. The molecule has 0 radical (unpaired) electrons. The second kappa shape index (κ2) is 8.66. The topological polar surface area (TPSA) is 93.2 Å². The van der Waals surface area contributed by atoms with E-state index in [4.69, 9.17) is 4.74 Å². The number of hydrogen-bond donors (Lipinski definition) is 2. The van der Waals surface area contributed by atoms with Gasteiger partial charge in [-0.25, -0.2) is 0 Å². The van der Waals surface area contributed by atoms with Gasteiger partial charge in [-0.15, -0.1) is 10.2 Å². The van der Waals surface area contributed by atoms with Crippen LogP contribution in [-0.4, -0.2) is 34.4 Å². The molecule has 0 spiro atoms. The first-order chi connectivity index (χ1) is 12.6. The summed E-state index contributed by atoms with van der Waals surface area (Å²) in [4.78, 5) is 23.7. The van der Waals surface area contributed by atoms with Gasteiger partial charge in [0.15, 0.2) is 5.82 Å². The van der Waals surface area contributed by atoms with E-state index in [2.05, 4.69) is 20.8 Å². The summed E-state index contributed by atoms with van der Waals surface area (Å²) >= 11 is 1.28. The summed E-state index contributed by atoms with van der Waals surface area (Å²) in [7, 11) is 0. The predicted molar refractivity (Wildman–Crippen MR) is 100 cm³/mol. The van der Waals surface area contributed by atoms with Crippen LogP contribution in [0.3, 0.4) is 0 Å². The summed E-state index contributed by atoms with van der Waals surface area (Å²) in [5, 5.41) is 14.2. The number of nitrogens with one attached hydrogen (secondary N) is 2. The minimum Gasteiger partial charge on any atom is -0.494 e. The molecule has 0 atom stereocenters. The Kier molecular flexibility index (Phi) is 6.06. The first kappa shape index (κ1) is 18.2. The van der Waals surface area contributed by atoms with Gasteiger partial charge < -0.3 is 15.4 Å². The first-order valence-electron chi connectivity index (χ1n) is 8.44. The Bertz CT molecular complexity index is 761. The molecule has 2 aromatic rings. The monoisotopic (exact) mass is 372 g/mol. The van der Waals surface area contributed by atoms with Crippen molar-refractivity contribution in [1.82, 2.24) is 10.2 Å². The number of nitrogens with zero attached hydrogens (tertiary/aromatic N) is 2. The van der Waals surface area contributed by atoms with Crippen molar-refractivity contribution in [3.05, 3.63) is 36.4 Å². The van der Waals surface area contributed by atoms with Crippen molar-refractivity contribution in [3.63, 3.8) is 0 Å². The Balaban J connectivity index is 1.44. The molecule has 26 heavy (non-hydrogen) atoms. The maximum atomic E-state index is 12.0. The van der Waals surface area contributed by atoms with Gasteiger partial charge in [-0.05, 0) is 56.2 Å². The summed E-state index contributed by atoms with van der Waals surface area (Å²) in [6, 6.07) is 10.7. The van der Waals surface area contributed by atoms with E-state index in [0.717, 1.165) is 18.6 Å². The Labute approximate surface area is 155 Å². The highest BCUT2D eigenvalue weighted by molar-refractivity contribution is 7.99. The maximum Gasteiger partial charge on any atom is 0.234 e. The SMILES string of the molecule is CCOc1ccc(NC(=O)CSc2ccc(NC(=O)C3CC3)nn2)cc1. The average molecular weight is 372 g/mol. The molecular weight excluding hydrogens is 352 g/mol. The highest BCUT2D eigenvalue weighted by atomic mass is 32.2. The molecular formula is C18H20N4O3S. The number of carbonyl (C=O) groups excluding carboxylic acids is 2. The number of benzene rings is 1. The summed E-state index contributed by atoms with van der Waals surface area (Å²) < 4.78 is 5.36. The van der Waals surface area contributed by atoms with Crippen molar-refractivity contribution in [1.29, 1.82) is 0 Å². The van der Waals surface area contributed by atoms with Crippen LogP contribution in [0.15, 0.2) is 41.4 Å². The number of hydrogen-bond acceptors (Lipinski definition) is 6. The summed E-state index contributed by atoms with van der Waals surface area (Å²) in [6.07, 6.45) is 1.88. The number of amides is 2. The summed E-state index contributed by atoms with van der Waals surface area (Å²) in [5.41, 5.74) is 0.711. The zero-order valence-corrected chi connectivity index (χ0v) is 15.2. The molecule has 1 fully saturated rings. The quantitative estimate of drug-likeness (QED) is 0.692. The van der Waals surface area contributed by atoms with Crippen LogP contribution in [0.1, 0.15) is 19.8 Å². The number of ether oxygens (including phenoxy) is 1. The van der Waals surface area contributed by atoms with Crippen LogP contribution in [0, 0.1) is 5.92 Å². The molecule has 0 unspecified atom stereocenters. The molecule has 1 aromatic carbocycles. The Morgan fingerprint density at radius 3 is 2.50 bits per heavy atom. The van der Waals surface area contributed by atoms with Gasteiger partial charge in [-0.3, -0.25) is 9.59 Å². The van der Waals surface area contributed by atoms with E-state index in [9.17, 15) is 9.59 Å². The lowest BCUT2D eigenvalue weighted by Crippen LogP contribution is -2.15. The Morgan fingerprint density at radius 1 is 1.12 bits per heavy atom. The summed E-state index contributed by atoms with van der Waals surface area (Å²) in [5.74, 6) is 1.41. The van der Waals surface area contributed by atoms with Crippen LogP contribution >= 0.6 is 11.8 Å². The van der Waals surface area contributed by atoms with Crippen LogP contribution < -0.4 is 15.4 Å². The lowest BCUT2D eigenvalue weighted by Gasteiger charge is -2.07. The van der Waals surface area contributed by atoms with Gasteiger partial charge >= 0.3 is 0 Å². The van der Waals surface area contributed by atoms with Crippen molar-refractivity contribution < 1.29 is 14.3 Å². The highest BCUT2D eigenvalue weighted by Crippen LogP contribution is 2.30. The van der Waals surface area contributed by atoms with Crippen molar-refractivity contribution in [2.45, 2.75) is 24.8 Å². The fourth-order valence-electron chi connectivity index (χ4n) is 2.18. The van der Waals surface area contributed by atoms with E-state index in [-0.39, 0.29) is 23.5 Å². The second-order valence-corrected chi connectivity index (χ2v) is 6.81. The van der Waals surface area contributed by atoms with Gasteiger partial charge in [0.05, 0.1) is 12.4 Å². The van der Waals surface area contributed by atoms with Crippen LogP contribution in [0.2, 0.25) is 0 Å². The van der Waals surface area contributed by atoms with E-state index >= 15 is 0 Å². The molecule has 0 bridgehead atoms. The van der Waals surface area contributed by atoms with E-state index in [1.54, 1.807) is 24.3 Å². The van der Waals surface area contributed by atoms with Crippen LogP contribution in [0.25, 0.3) is 0 Å². The Hall–Kier alpha value is -2.61.